The van der Waals surface area contributed by atoms with E-state index in [1.54, 1.807) is 0 Å². The minimum Gasteiger partial charge on any atom is -0.907 e. The summed E-state index contributed by atoms with van der Waals surface area (Å²) in [6, 6.07) is 0. The molecular weight excluding hydrogens is 310 g/mol. The van der Waals surface area contributed by atoms with Crippen molar-refractivity contribution in [3.8, 4) is 0 Å². The fourth-order valence-electron chi connectivity index (χ4n) is 1.75. The summed E-state index contributed by atoms with van der Waals surface area (Å²) >= 11 is 0. The fraction of sp³-hybridized carbons (Fsp3) is 0.500. The van der Waals surface area contributed by atoms with Crippen molar-refractivity contribution < 1.29 is 31.6 Å². The van der Waals surface area contributed by atoms with E-state index in [1.807, 2.05) is 0 Å². The van der Waals surface area contributed by atoms with Gasteiger partial charge in [-0.05, 0) is 51.4 Å². The monoisotopic (exact) mass is 333 g/mol. The second kappa shape index (κ2) is 19.4. The third kappa shape index (κ3) is 24.8. The van der Waals surface area contributed by atoms with Gasteiger partial charge >= 0.3 is 16.5 Å². The maximum Gasteiger partial charge on any atom is 3.00 e. The van der Waals surface area contributed by atoms with Crippen LogP contribution in [0.25, 0.3) is 0 Å². The van der Waals surface area contributed by atoms with Gasteiger partial charge in [-0.25, -0.2) is 0 Å². The Labute approximate surface area is 139 Å². The Morgan fingerprint density at radius 1 is 0.524 bits per heavy atom. The number of hydrogen-bond donors (Lipinski definition) is 0. The van der Waals surface area contributed by atoms with E-state index in [1.165, 1.54) is 51.4 Å². The zero-order valence-electron chi connectivity index (χ0n) is 12.4. The average molecular weight is 334 g/mol. The third-order valence-electron chi connectivity index (χ3n) is 2.75. The maximum absolute atomic E-state index is 8.42. The topological polar surface area (TPSA) is 69.2 Å². The van der Waals surface area contributed by atoms with Gasteiger partial charge in [0.25, 0.3) is 0 Å². The van der Waals surface area contributed by atoms with Crippen LogP contribution in [0.4, 0.5) is 0 Å². The SMILES string of the molecule is C1=CCCCCC=C1.C1=CCCCCC=C1.[Ni+3].[O-]B([O-])[O-]. The molecule has 0 unspecified atom stereocenters. The molecule has 2 aliphatic rings. The van der Waals surface area contributed by atoms with Gasteiger partial charge in [0.1, 0.15) is 0 Å². The zero-order chi connectivity index (χ0) is 14.9. The van der Waals surface area contributed by atoms with Gasteiger partial charge in [0, 0.05) is 0 Å². The molecule has 0 fully saturated rings. The molecule has 1 radical (unpaired) electrons. The summed E-state index contributed by atoms with van der Waals surface area (Å²) in [6.45, 7) is 0. The van der Waals surface area contributed by atoms with Gasteiger partial charge in [-0.15, -0.1) is 0 Å². The van der Waals surface area contributed by atoms with Gasteiger partial charge in [0.15, 0.2) is 0 Å². The van der Waals surface area contributed by atoms with E-state index in [2.05, 4.69) is 48.6 Å². The van der Waals surface area contributed by atoms with Crippen LogP contribution in [0, 0.1) is 0 Å². The van der Waals surface area contributed by atoms with Gasteiger partial charge in [-0.1, -0.05) is 48.6 Å². The smallest absolute Gasteiger partial charge is 0.907 e. The quantitative estimate of drug-likeness (QED) is 0.629. The van der Waals surface area contributed by atoms with E-state index in [-0.39, 0.29) is 16.5 Å². The first-order valence-corrected chi connectivity index (χ1v) is 7.34. The molecule has 0 aromatic rings. The van der Waals surface area contributed by atoms with Gasteiger partial charge in [0.2, 0.25) is 0 Å². The summed E-state index contributed by atoms with van der Waals surface area (Å²) < 4.78 is 0. The maximum atomic E-state index is 8.42. The van der Waals surface area contributed by atoms with Crippen LogP contribution in [0.3, 0.4) is 0 Å². The van der Waals surface area contributed by atoms with E-state index in [0.29, 0.717) is 0 Å². The fourth-order valence-corrected chi connectivity index (χ4v) is 1.75. The van der Waals surface area contributed by atoms with Gasteiger partial charge in [-0.2, -0.15) is 0 Å². The summed E-state index contributed by atoms with van der Waals surface area (Å²) in [5.74, 6) is 0. The Balaban J connectivity index is 0. The Hall–Kier alpha value is -0.602. The van der Waals surface area contributed by atoms with Gasteiger partial charge in [-0.3, -0.25) is 7.32 Å². The Bertz CT molecular complexity index is 254. The van der Waals surface area contributed by atoms with Crippen molar-refractivity contribution in [2.75, 3.05) is 0 Å². The summed E-state index contributed by atoms with van der Waals surface area (Å²) in [5, 5.41) is 25.2. The average Bonchev–Trinajstić information content (AvgIpc) is 2.26. The molecule has 2 aliphatic carbocycles. The minimum absolute atomic E-state index is 0. The minimum atomic E-state index is -2.92. The molecule has 0 aromatic carbocycles. The van der Waals surface area contributed by atoms with Crippen molar-refractivity contribution in [2.45, 2.75) is 51.4 Å². The van der Waals surface area contributed by atoms with Crippen molar-refractivity contribution in [3.63, 3.8) is 0 Å². The molecule has 0 aromatic heterocycles. The molecule has 0 saturated heterocycles. The third-order valence-corrected chi connectivity index (χ3v) is 2.75. The molecular formula is C16H24BNiO3. The van der Waals surface area contributed by atoms with E-state index in [4.69, 9.17) is 15.1 Å². The van der Waals surface area contributed by atoms with E-state index >= 15 is 0 Å². The van der Waals surface area contributed by atoms with Crippen LogP contribution in [-0.4, -0.2) is 7.32 Å². The summed E-state index contributed by atoms with van der Waals surface area (Å²) in [7, 11) is -2.92. The van der Waals surface area contributed by atoms with Crippen LogP contribution < -0.4 is 15.1 Å². The normalized spacial score (nSPS) is 16.5. The first kappa shape index (κ1) is 22.7. The molecule has 0 atom stereocenters. The van der Waals surface area contributed by atoms with Crippen molar-refractivity contribution in [3.05, 3.63) is 48.6 Å². The molecule has 0 saturated carbocycles. The number of rotatable bonds is 0. The van der Waals surface area contributed by atoms with Gasteiger partial charge < -0.3 is 15.1 Å². The largest absolute Gasteiger partial charge is 3.00 e. The van der Waals surface area contributed by atoms with Crippen molar-refractivity contribution in [2.24, 2.45) is 0 Å². The first-order chi connectivity index (χ1) is 9.73. The Kier molecular flexibility index (Phi) is 20.9. The van der Waals surface area contributed by atoms with Crippen LogP contribution in [0.5, 0.6) is 0 Å². The molecule has 0 N–H and O–H groups in total. The zero-order valence-corrected chi connectivity index (χ0v) is 13.4. The van der Waals surface area contributed by atoms with Crippen molar-refractivity contribution in [1.29, 1.82) is 0 Å². The van der Waals surface area contributed by atoms with Crippen LogP contribution in [0.2, 0.25) is 0 Å². The molecule has 0 heterocycles. The number of allylic oxidation sites excluding steroid dienone is 8. The van der Waals surface area contributed by atoms with Crippen molar-refractivity contribution >= 4 is 7.32 Å². The second-order valence-electron chi connectivity index (χ2n) is 4.57. The predicted molar refractivity (Wildman–Crippen MR) is 79.3 cm³/mol. The number of hydrogen-bond acceptors (Lipinski definition) is 3. The molecule has 0 spiro atoms. The van der Waals surface area contributed by atoms with E-state index in [0.717, 1.165) is 0 Å². The summed E-state index contributed by atoms with van der Waals surface area (Å²) in [5.41, 5.74) is 0. The molecule has 0 amide bonds. The van der Waals surface area contributed by atoms with Crippen molar-refractivity contribution in [1.82, 2.24) is 0 Å². The second-order valence-corrected chi connectivity index (χ2v) is 4.57. The molecule has 3 nitrogen and oxygen atoms in total. The van der Waals surface area contributed by atoms with Crippen LogP contribution in [0.1, 0.15) is 51.4 Å². The molecule has 119 valence electrons. The van der Waals surface area contributed by atoms with Crippen LogP contribution in [-0.2, 0) is 16.5 Å². The van der Waals surface area contributed by atoms with E-state index < -0.39 is 7.32 Å². The Morgan fingerprint density at radius 3 is 0.905 bits per heavy atom. The molecule has 21 heavy (non-hydrogen) atoms. The predicted octanol–water partition coefficient (Wildman–Crippen LogP) is 1.40. The van der Waals surface area contributed by atoms with E-state index in [9.17, 15) is 0 Å². The first-order valence-electron chi connectivity index (χ1n) is 7.34. The Morgan fingerprint density at radius 2 is 0.714 bits per heavy atom. The summed E-state index contributed by atoms with van der Waals surface area (Å²) in [4.78, 5) is 0. The van der Waals surface area contributed by atoms with Crippen LogP contribution >= 0.6 is 0 Å². The molecule has 0 aliphatic heterocycles. The molecule has 2 rings (SSSR count). The van der Waals surface area contributed by atoms with Crippen LogP contribution in [0.15, 0.2) is 48.6 Å². The van der Waals surface area contributed by atoms with Gasteiger partial charge in [0.05, 0.1) is 0 Å². The summed E-state index contributed by atoms with van der Waals surface area (Å²) in [6.07, 6.45) is 28.0. The molecule has 5 heteroatoms. The standard InChI is InChI=1S/2C8H12.BO3.Ni/c2*1-2-4-6-8-7-5-3-1;2-1(3)4;/h2*1-4H,5-8H2;;/q;;-3;+3. The molecule has 0 bridgehead atoms.